The summed E-state index contributed by atoms with van der Waals surface area (Å²) in [7, 11) is 0. The van der Waals surface area contributed by atoms with Gasteiger partial charge in [-0.15, -0.1) is 0 Å². The Morgan fingerprint density at radius 2 is 0.930 bits per heavy atom. The Bertz CT molecular complexity index is 1100. The fourth-order valence-corrected chi connectivity index (χ4v) is 6.95. The van der Waals surface area contributed by atoms with Crippen LogP contribution >= 0.6 is 0 Å². The van der Waals surface area contributed by atoms with Crippen molar-refractivity contribution in [3.63, 3.8) is 0 Å². The molecule has 0 saturated heterocycles. The quantitative estimate of drug-likeness (QED) is 0.0791. The second-order valence-corrected chi connectivity index (χ2v) is 13.4. The van der Waals surface area contributed by atoms with Gasteiger partial charge in [-0.1, -0.05) is 84.1 Å². The van der Waals surface area contributed by atoms with E-state index in [1.165, 1.54) is 102 Å². The molecule has 0 fully saturated rings. The number of hydrogen-bond acceptors (Lipinski definition) is 0. The molecule has 3 heteroatoms. The Kier molecular flexibility index (Phi) is 19.5. The van der Waals surface area contributed by atoms with Crippen LogP contribution in [-0.4, -0.2) is 4.70 Å². The van der Waals surface area contributed by atoms with E-state index in [0.29, 0.717) is 0 Å². The van der Waals surface area contributed by atoms with Gasteiger partial charge >= 0.3 is 64.8 Å². The number of nitrogens with zero attached hydrogens (tertiary/aromatic N) is 2. The topological polar surface area (TPSA) is 25.3 Å². The molecule has 43 heavy (non-hydrogen) atoms. The van der Waals surface area contributed by atoms with E-state index < -0.39 is 0 Å². The molecule has 0 N–H and O–H groups in total. The van der Waals surface area contributed by atoms with Crippen LogP contribution in [0.1, 0.15) is 154 Å². The first kappa shape index (κ1) is 37.2. The Labute approximate surface area is 272 Å². The molecule has 0 bridgehead atoms. The first-order valence-corrected chi connectivity index (χ1v) is 19.0. The Balaban J connectivity index is 0.000000621. The van der Waals surface area contributed by atoms with Crippen LogP contribution in [-0.2, 0) is 27.3 Å². The number of allylic oxidation sites excluding steroid dienone is 2. The van der Waals surface area contributed by atoms with Crippen LogP contribution in [0.2, 0.25) is 10.8 Å². The molecular formula is C40H62N2Ni. The molecule has 0 aliphatic carbocycles. The summed E-state index contributed by atoms with van der Waals surface area (Å²) in [6, 6.07) is 17.8. The van der Waals surface area contributed by atoms with E-state index in [1.807, 2.05) is 14.4 Å². The van der Waals surface area contributed by atoms with Crippen molar-refractivity contribution in [3.05, 3.63) is 87.5 Å². The zero-order valence-corrected chi connectivity index (χ0v) is 29.5. The molecule has 0 radical (unpaired) electrons. The molecular weight excluding hydrogens is 567 g/mol. The van der Waals surface area contributed by atoms with Crippen molar-refractivity contribution in [2.24, 2.45) is 0 Å². The van der Waals surface area contributed by atoms with E-state index in [9.17, 15) is 5.53 Å². The molecule has 3 rings (SSSR count). The average molecular weight is 630 g/mol. The van der Waals surface area contributed by atoms with Crippen LogP contribution in [0.4, 0.5) is 0 Å². The third-order valence-corrected chi connectivity index (χ3v) is 9.64. The van der Waals surface area contributed by atoms with E-state index in [2.05, 4.69) is 90.1 Å². The van der Waals surface area contributed by atoms with Crippen LogP contribution in [0.15, 0.2) is 59.7 Å². The molecule has 0 unspecified atom stereocenters. The molecule has 0 aromatic heterocycles. The van der Waals surface area contributed by atoms with Crippen molar-refractivity contribution in [1.82, 2.24) is 0 Å². The van der Waals surface area contributed by atoms with Crippen LogP contribution in [0.5, 0.6) is 0 Å². The fourth-order valence-electron chi connectivity index (χ4n) is 5.51. The van der Waals surface area contributed by atoms with E-state index in [4.69, 9.17) is 0 Å². The second kappa shape index (κ2) is 22.5. The predicted octanol–water partition coefficient (Wildman–Crippen LogP) is 13.4. The van der Waals surface area contributed by atoms with Gasteiger partial charge in [-0.25, -0.2) is 4.70 Å². The zero-order valence-electron chi connectivity index (χ0n) is 28.6. The third-order valence-electron chi connectivity index (χ3n) is 8.24. The molecule has 0 amide bonds. The number of hydrogen-bond donors (Lipinski definition) is 0. The zero-order chi connectivity index (χ0) is 31.3. The summed E-state index contributed by atoms with van der Waals surface area (Å²) in [5.41, 5.74) is 21.1. The van der Waals surface area contributed by atoms with Crippen LogP contribution in [0.25, 0.3) is 16.9 Å². The average Bonchev–Trinajstić information content (AvgIpc) is 3.32. The predicted molar refractivity (Wildman–Crippen MR) is 186 cm³/mol. The molecule has 0 saturated carbocycles. The van der Waals surface area contributed by atoms with E-state index in [1.54, 1.807) is 0 Å². The standard InChI is InChI=1S/C32H44N2.2C4H9.Ni/c1-5-9-12-13-15-26-19-23-28(24-20-26)32-30(16-11-7-3)29(8-4)31(34(32)33)27-21-17-25(18-22-27)14-10-6-2;2*1-3-4-2;/h17-24H,5-16H2,1-4H3;2*1,3-4H2,2H3;. The van der Waals surface area contributed by atoms with Gasteiger partial charge in [-0.2, -0.15) is 0 Å². The first-order valence-electron chi connectivity index (χ1n) is 17.6. The van der Waals surface area contributed by atoms with Crippen molar-refractivity contribution in [3.8, 4) is 0 Å². The van der Waals surface area contributed by atoms with Crippen molar-refractivity contribution < 1.29 is 19.1 Å². The monoisotopic (exact) mass is 628 g/mol. The van der Waals surface area contributed by atoms with Crippen molar-refractivity contribution in [2.75, 3.05) is 0 Å². The SMILES string of the molecule is CCCCCCc1ccc(C2=C(CCCC)C(CC)=C(c3ccc(CCCC)cc3)[N+]2=[N-])cc1.CCC[CH2][Ni][CH2]CCC. The number of benzene rings is 2. The maximum absolute atomic E-state index is 11.5. The molecule has 2 aromatic rings. The van der Waals surface area contributed by atoms with Gasteiger partial charge < -0.3 is 5.53 Å². The van der Waals surface area contributed by atoms with Crippen molar-refractivity contribution >= 4 is 11.4 Å². The number of rotatable bonds is 20. The first-order chi connectivity index (χ1) is 21.1. The Hall–Kier alpha value is -1.99. The molecule has 0 atom stereocenters. The maximum atomic E-state index is 11.5. The number of unbranched alkanes of at least 4 members (excludes halogenated alkanes) is 7. The molecule has 1 aliphatic rings. The number of aryl methyl sites for hydroxylation is 2. The van der Waals surface area contributed by atoms with Crippen LogP contribution in [0, 0.1) is 0 Å². The van der Waals surface area contributed by atoms with Gasteiger partial charge in [-0.05, 0) is 80.3 Å². The van der Waals surface area contributed by atoms with Gasteiger partial charge in [0.1, 0.15) is 0 Å². The van der Waals surface area contributed by atoms with Gasteiger partial charge in [0.2, 0.25) is 11.4 Å². The van der Waals surface area contributed by atoms with Crippen molar-refractivity contribution in [1.29, 1.82) is 0 Å². The molecule has 242 valence electrons. The second-order valence-electron chi connectivity index (χ2n) is 11.9. The van der Waals surface area contributed by atoms with E-state index in [0.717, 1.165) is 61.0 Å². The fraction of sp³-hybridized carbons (Fsp3) is 0.600. The van der Waals surface area contributed by atoms with Crippen LogP contribution < -0.4 is 0 Å². The van der Waals surface area contributed by atoms with E-state index >= 15 is 0 Å². The summed E-state index contributed by atoms with van der Waals surface area (Å²) in [6.07, 6.45) is 19.6. The molecule has 1 heterocycles. The molecule has 0 spiro atoms. The molecule has 2 nitrogen and oxygen atoms in total. The normalized spacial score (nSPS) is 13.2. The summed E-state index contributed by atoms with van der Waals surface area (Å²) in [6.45, 7) is 13.5. The summed E-state index contributed by atoms with van der Waals surface area (Å²) in [5.74, 6) is 0. The summed E-state index contributed by atoms with van der Waals surface area (Å²) >= 11 is 1.94. The van der Waals surface area contributed by atoms with Gasteiger partial charge in [0.25, 0.3) is 0 Å². The molecule has 2 aromatic carbocycles. The summed E-state index contributed by atoms with van der Waals surface area (Å²) in [5, 5.41) is 2.78. The Morgan fingerprint density at radius 1 is 0.488 bits per heavy atom. The summed E-state index contributed by atoms with van der Waals surface area (Å²) in [4.78, 5) is 0. The van der Waals surface area contributed by atoms with Gasteiger partial charge in [-0.3, -0.25) is 0 Å². The van der Waals surface area contributed by atoms with E-state index in [-0.39, 0.29) is 0 Å². The summed E-state index contributed by atoms with van der Waals surface area (Å²) < 4.78 is 1.49. The van der Waals surface area contributed by atoms with Gasteiger partial charge in [0, 0.05) is 22.3 Å². The van der Waals surface area contributed by atoms with Gasteiger partial charge in [0.05, 0.1) is 0 Å². The molecule has 1 aliphatic heterocycles. The minimum absolute atomic E-state index is 0.919. The minimum atomic E-state index is 0.919. The van der Waals surface area contributed by atoms with Crippen molar-refractivity contribution in [2.45, 2.75) is 155 Å². The third kappa shape index (κ3) is 12.5. The van der Waals surface area contributed by atoms with Gasteiger partial charge in [0.15, 0.2) is 0 Å². The van der Waals surface area contributed by atoms with Crippen LogP contribution in [0.3, 0.4) is 0 Å². The Morgan fingerprint density at radius 3 is 1.40 bits per heavy atom.